The van der Waals surface area contributed by atoms with E-state index in [0.29, 0.717) is 26.0 Å². The topological polar surface area (TPSA) is 59.9 Å². The van der Waals surface area contributed by atoms with E-state index in [2.05, 4.69) is 32.2 Å². The van der Waals surface area contributed by atoms with Crippen LogP contribution in [-0.4, -0.2) is 24.8 Å². The molecule has 2 aromatic carbocycles. The maximum atomic E-state index is 12.3. The molecule has 7 heteroatoms. The van der Waals surface area contributed by atoms with Crippen molar-refractivity contribution < 1.29 is 14.3 Å². The van der Waals surface area contributed by atoms with Gasteiger partial charge in [0.15, 0.2) is 16.7 Å². The Labute approximate surface area is 170 Å². The Bertz CT molecular complexity index is 965. The number of amidine groups is 1. The first-order chi connectivity index (χ1) is 13.1. The van der Waals surface area contributed by atoms with E-state index in [9.17, 15) is 4.79 Å². The molecule has 0 radical (unpaired) electrons. The van der Waals surface area contributed by atoms with Crippen molar-refractivity contribution in [3.05, 3.63) is 57.4 Å². The number of nitrogens with one attached hydrogen (secondary N) is 1. The predicted molar refractivity (Wildman–Crippen MR) is 112 cm³/mol. The smallest absolute Gasteiger partial charge is 0.264 e. The second kappa shape index (κ2) is 8.80. The van der Waals surface area contributed by atoms with Crippen LogP contribution >= 0.6 is 27.7 Å². The Morgan fingerprint density at radius 2 is 2.11 bits per heavy atom. The highest BCUT2D eigenvalue weighted by molar-refractivity contribution is 9.10. The number of nitrogens with zero attached hydrogens (tertiary/aromatic N) is 1. The van der Waals surface area contributed by atoms with Gasteiger partial charge in [-0.25, -0.2) is 4.99 Å². The van der Waals surface area contributed by atoms with Crippen LogP contribution in [0.25, 0.3) is 6.08 Å². The van der Waals surface area contributed by atoms with Gasteiger partial charge in [0.1, 0.15) is 6.61 Å². The van der Waals surface area contributed by atoms with E-state index in [4.69, 9.17) is 15.9 Å². The predicted octanol–water partition coefficient (Wildman–Crippen LogP) is 4.36. The summed E-state index contributed by atoms with van der Waals surface area (Å²) in [5.74, 6) is 3.26. The molecule has 1 aliphatic heterocycles. The van der Waals surface area contributed by atoms with Crippen LogP contribution in [0.3, 0.4) is 0 Å². The summed E-state index contributed by atoms with van der Waals surface area (Å²) >= 11 is 4.74. The number of carbonyl (C=O) groups excluding carboxylic acids is 1. The molecule has 1 saturated heterocycles. The van der Waals surface area contributed by atoms with Crippen molar-refractivity contribution in [3.8, 4) is 23.8 Å². The summed E-state index contributed by atoms with van der Waals surface area (Å²) in [6.45, 7) is 0.132. The second-order valence-corrected chi connectivity index (χ2v) is 7.23. The second-order valence-electron chi connectivity index (χ2n) is 5.34. The molecule has 1 amide bonds. The lowest BCUT2D eigenvalue weighted by atomic mass is 10.2. The molecule has 0 aromatic heterocycles. The summed E-state index contributed by atoms with van der Waals surface area (Å²) in [7, 11) is 1.54. The van der Waals surface area contributed by atoms with Crippen LogP contribution in [0.2, 0.25) is 0 Å². The summed E-state index contributed by atoms with van der Waals surface area (Å²) in [5, 5.41) is 3.31. The van der Waals surface area contributed by atoms with Crippen molar-refractivity contribution in [2.75, 3.05) is 13.7 Å². The van der Waals surface area contributed by atoms with Crippen LogP contribution in [0, 0.1) is 12.3 Å². The van der Waals surface area contributed by atoms with Gasteiger partial charge in [0, 0.05) is 0 Å². The van der Waals surface area contributed by atoms with Gasteiger partial charge >= 0.3 is 0 Å². The van der Waals surface area contributed by atoms with Crippen LogP contribution in [0.4, 0.5) is 5.69 Å². The largest absolute Gasteiger partial charge is 0.493 e. The average Bonchev–Trinajstić information content (AvgIpc) is 3.00. The highest BCUT2D eigenvalue weighted by Gasteiger charge is 2.24. The number of benzene rings is 2. The number of ether oxygens (including phenoxy) is 2. The molecule has 1 fully saturated rings. The number of carbonyl (C=O) groups is 1. The van der Waals surface area contributed by atoms with Gasteiger partial charge in [0.25, 0.3) is 5.91 Å². The van der Waals surface area contributed by atoms with Crippen LogP contribution in [0.5, 0.6) is 11.5 Å². The fourth-order valence-corrected chi connectivity index (χ4v) is 3.74. The molecule has 1 aliphatic rings. The maximum absolute atomic E-state index is 12.3. The monoisotopic (exact) mass is 442 g/mol. The molecule has 0 bridgehead atoms. The van der Waals surface area contributed by atoms with Gasteiger partial charge in [-0.3, -0.25) is 4.79 Å². The van der Waals surface area contributed by atoms with Crippen molar-refractivity contribution in [2.45, 2.75) is 0 Å². The van der Waals surface area contributed by atoms with E-state index in [0.717, 1.165) is 11.3 Å². The molecular weight excluding hydrogens is 428 g/mol. The van der Waals surface area contributed by atoms with E-state index in [1.54, 1.807) is 19.3 Å². The quantitative estimate of drug-likeness (QED) is 0.551. The minimum absolute atomic E-state index is 0.132. The zero-order valence-corrected chi connectivity index (χ0v) is 16.8. The molecule has 2 aromatic rings. The lowest BCUT2D eigenvalue weighted by Gasteiger charge is -2.12. The maximum Gasteiger partial charge on any atom is 0.264 e. The number of terminal acetylenes is 1. The van der Waals surface area contributed by atoms with Crippen molar-refractivity contribution in [2.24, 2.45) is 4.99 Å². The number of hydrogen-bond donors (Lipinski definition) is 1. The average molecular weight is 443 g/mol. The Kier molecular flexibility index (Phi) is 6.22. The van der Waals surface area contributed by atoms with Gasteiger partial charge in [-0.05, 0) is 63.6 Å². The Balaban J connectivity index is 1.86. The van der Waals surface area contributed by atoms with Gasteiger partial charge in [-0.15, -0.1) is 6.42 Å². The number of halogens is 1. The minimum atomic E-state index is -0.197. The fraction of sp³-hybridized carbons (Fsp3) is 0.100. The van der Waals surface area contributed by atoms with Crippen LogP contribution in [0.1, 0.15) is 5.56 Å². The molecule has 0 atom stereocenters. The molecule has 0 saturated carbocycles. The van der Waals surface area contributed by atoms with Crippen molar-refractivity contribution in [1.29, 1.82) is 0 Å². The fourth-order valence-electron chi connectivity index (χ4n) is 2.33. The van der Waals surface area contributed by atoms with Crippen LogP contribution in [0.15, 0.2) is 56.8 Å². The first kappa shape index (κ1) is 19.1. The summed E-state index contributed by atoms with van der Waals surface area (Å²) in [4.78, 5) is 17.2. The Morgan fingerprint density at radius 1 is 1.33 bits per heavy atom. The molecule has 5 nitrogen and oxygen atoms in total. The first-order valence-electron chi connectivity index (χ1n) is 7.89. The van der Waals surface area contributed by atoms with E-state index < -0.39 is 0 Å². The van der Waals surface area contributed by atoms with Gasteiger partial charge in [-0.2, -0.15) is 0 Å². The number of amides is 1. The van der Waals surface area contributed by atoms with Gasteiger partial charge < -0.3 is 14.8 Å². The van der Waals surface area contributed by atoms with Gasteiger partial charge in [-0.1, -0.05) is 24.1 Å². The Morgan fingerprint density at radius 3 is 2.81 bits per heavy atom. The minimum Gasteiger partial charge on any atom is -0.493 e. The summed E-state index contributed by atoms with van der Waals surface area (Å²) < 4.78 is 11.6. The normalized spacial score (nSPS) is 16.3. The van der Waals surface area contributed by atoms with E-state index in [1.165, 1.54) is 11.8 Å². The molecule has 27 heavy (non-hydrogen) atoms. The molecule has 0 aliphatic carbocycles. The van der Waals surface area contributed by atoms with Crippen molar-refractivity contribution >= 4 is 50.5 Å². The molecule has 1 N–H and O–H groups in total. The third-order valence-corrected chi connectivity index (χ3v) is 4.99. The third-order valence-electron chi connectivity index (χ3n) is 3.49. The lowest BCUT2D eigenvalue weighted by Crippen LogP contribution is -2.19. The summed E-state index contributed by atoms with van der Waals surface area (Å²) in [6.07, 6.45) is 7.01. The number of thioether (sulfide) groups is 1. The lowest BCUT2D eigenvalue weighted by molar-refractivity contribution is -0.115. The van der Waals surface area contributed by atoms with E-state index in [1.807, 2.05) is 36.4 Å². The molecule has 1 heterocycles. The van der Waals surface area contributed by atoms with E-state index in [-0.39, 0.29) is 12.5 Å². The SMILES string of the molecule is C#CCOc1c(Br)cc(/C=C2/SC(=Nc3ccccc3)NC2=O)cc1OC. The summed E-state index contributed by atoms with van der Waals surface area (Å²) in [6, 6.07) is 13.1. The first-order valence-corrected chi connectivity index (χ1v) is 9.50. The van der Waals surface area contributed by atoms with Crippen molar-refractivity contribution in [3.63, 3.8) is 0 Å². The third kappa shape index (κ3) is 4.73. The number of hydrogen-bond acceptors (Lipinski definition) is 5. The molecule has 0 spiro atoms. The van der Waals surface area contributed by atoms with Crippen LogP contribution < -0.4 is 14.8 Å². The standard InChI is InChI=1S/C20H15BrN2O3S/c1-3-9-26-18-15(21)10-13(11-16(18)25-2)12-17-19(24)23-20(27-17)22-14-7-5-4-6-8-14/h1,4-8,10-12H,9H2,2H3,(H,22,23,24)/b17-12+. The number of methoxy groups -OCH3 is 1. The zero-order chi connectivity index (χ0) is 19.2. The molecular formula is C20H15BrN2O3S. The number of para-hydroxylation sites is 1. The van der Waals surface area contributed by atoms with E-state index >= 15 is 0 Å². The van der Waals surface area contributed by atoms with Crippen molar-refractivity contribution in [1.82, 2.24) is 5.32 Å². The van der Waals surface area contributed by atoms with Gasteiger partial charge in [0.05, 0.1) is 22.2 Å². The molecule has 3 rings (SSSR count). The zero-order valence-electron chi connectivity index (χ0n) is 14.4. The number of aliphatic imine (C=N–C) groups is 1. The van der Waals surface area contributed by atoms with Gasteiger partial charge in [0.2, 0.25) is 0 Å². The summed E-state index contributed by atoms with van der Waals surface area (Å²) in [5.41, 5.74) is 1.56. The highest BCUT2D eigenvalue weighted by Crippen LogP contribution is 2.38. The molecule has 136 valence electrons. The molecule has 0 unspecified atom stereocenters. The van der Waals surface area contributed by atoms with Crippen LogP contribution in [-0.2, 0) is 4.79 Å². The Hall–Kier alpha value is -2.69. The number of rotatable bonds is 5. The highest BCUT2D eigenvalue weighted by atomic mass is 79.9.